The quantitative estimate of drug-likeness (QED) is 0.896. The number of carbonyl (C=O) groups excluding carboxylic acids is 1. The molecule has 1 aromatic heterocycles. The van der Waals surface area contributed by atoms with Gasteiger partial charge in [-0.05, 0) is 38.2 Å². The zero-order valence-electron chi connectivity index (χ0n) is 15.4. The number of anilines is 1. The monoisotopic (exact) mass is 357 g/mol. The third-order valence-corrected chi connectivity index (χ3v) is 5.52. The molecule has 6 nitrogen and oxygen atoms in total. The summed E-state index contributed by atoms with van der Waals surface area (Å²) in [4.78, 5) is 12.5. The Morgan fingerprint density at radius 1 is 1.19 bits per heavy atom. The van der Waals surface area contributed by atoms with Crippen molar-refractivity contribution in [3.8, 4) is 5.75 Å². The van der Waals surface area contributed by atoms with Gasteiger partial charge >= 0.3 is 0 Å². The zero-order valence-corrected chi connectivity index (χ0v) is 15.4. The Hall–Kier alpha value is -2.08. The number of benzene rings is 1. The molecule has 0 spiro atoms. The maximum Gasteiger partial charge on any atom is 0.253 e. The molecule has 140 valence electrons. The fraction of sp³-hybridized carbons (Fsp3) is 0.600. The number of fused-ring (bicyclic) bond motifs is 1. The molecule has 6 heteroatoms. The molecular weight excluding hydrogens is 330 g/mol. The predicted octanol–water partition coefficient (Wildman–Crippen LogP) is 4.06. The normalized spacial score (nSPS) is 21.7. The maximum atomic E-state index is 12.5. The highest BCUT2D eigenvalue weighted by atomic mass is 16.5. The van der Waals surface area contributed by atoms with Crippen LogP contribution in [0.4, 0.5) is 5.69 Å². The van der Waals surface area contributed by atoms with Crippen LogP contribution in [0, 0.1) is 0 Å². The van der Waals surface area contributed by atoms with E-state index in [0.717, 1.165) is 30.2 Å². The number of methoxy groups -OCH3 is 1. The molecule has 1 amide bonds. The molecule has 1 N–H and O–H groups in total. The number of carbonyl (C=O) groups is 1. The summed E-state index contributed by atoms with van der Waals surface area (Å²) in [6.45, 7) is 0.655. The molecule has 1 saturated carbocycles. The van der Waals surface area contributed by atoms with Crippen LogP contribution < -0.4 is 10.1 Å². The summed E-state index contributed by atoms with van der Waals surface area (Å²) in [5, 5.41) is 8.76. The van der Waals surface area contributed by atoms with Crippen LogP contribution in [0.2, 0.25) is 0 Å². The molecule has 0 radical (unpaired) electrons. The van der Waals surface area contributed by atoms with E-state index in [1.807, 2.05) is 12.1 Å². The van der Waals surface area contributed by atoms with Crippen LogP contribution in [-0.2, 0) is 9.53 Å². The highest BCUT2D eigenvalue weighted by molar-refractivity contribution is 5.98. The van der Waals surface area contributed by atoms with Gasteiger partial charge in [0.1, 0.15) is 11.9 Å². The van der Waals surface area contributed by atoms with Crippen LogP contribution >= 0.6 is 0 Å². The molecule has 0 bridgehead atoms. The van der Waals surface area contributed by atoms with E-state index in [1.54, 1.807) is 7.11 Å². The number of aromatic nitrogens is 2. The van der Waals surface area contributed by atoms with Crippen molar-refractivity contribution in [3.63, 3.8) is 0 Å². The largest absolute Gasteiger partial charge is 0.494 e. The average Bonchev–Trinajstić information content (AvgIpc) is 3.11. The minimum atomic E-state index is -0.367. The smallest absolute Gasteiger partial charge is 0.253 e. The highest BCUT2D eigenvalue weighted by Gasteiger charge is 2.23. The van der Waals surface area contributed by atoms with Gasteiger partial charge in [-0.25, -0.2) is 0 Å². The van der Waals surface area contributed by atoms with Crippen LogP contribution in [-0.4, -0.2) is 35.5 Å². The number of hydrogen-bond donors (Lipinski definition) is 1. The van der Waals surface area contributed by atoms with Gasteiger partial charge in [-0.15, -0.1) is 0 Å². The van der Waals surface area contributed by atoms with Crippen molar-refractivity contribution in [2.45, 2.75) is 63.5 Å². The average molecular weight is 357 g/mol. The summed E-state index contributed by atoms with van der Waals surface area (Å²) in [6, 6.07) is 4.35. The lowest BCUT2D eigenvalue weighted by molar-refractivity contribution is -0.129. The molecule has 2 aliphatic rings. The van der Waals surface area contributed by atoms with E-state index < -0.39 is 0 Å². The zero-order chi connectivity index (χ0) is 17.9. The molecule has 1 aliphatic heterocycles. The molecule has 0 unspecified atom stereocenters. The van der Waals surface area contributed by atoms with E-state index in [0.29, 0.717) is 24.1 Å². The Morgan fingerprint density at radius 3 is 2.73 bits per heavy atom. The summed E-state index contributed by atoms with van der Waals surface area (Å²) in [5.41, 5.74) is 1.58. The number of hydrogen-bond acceptors (Lipinski definition) is 4. The maximum absolute atomic E-state index is 12.5. The Kier molecular flexibility index (Phi) is 5.11. The first-order valence-electron chi connectivity index (χ1n) is 9.74. The van der Waals surface area contributed by atoms with Crippen LogP contribution in [0.3, 0.4) is 0 Å². The molecule has 1 aliphatic carbocycles. The van der Waals surface area contributed by atoms with Crippen LogP contribution in [0.15, 0.2) is 18.3 Å². The minimum absolute atomic E-state index is 0.0953. The number of nitrogens with one attached hydrogen (secondary N) is 1. The molecule has 26 heavy (non-hydrogen) atoms. The fourth-order valence-electron chi connectivity index (χ4n) is 4.03. The summed E-state index contributed by atoms with van der Waals surface area (Å²) >= 11 is 0. The van der Waals surface area contributed by atoms with E-state index in [9.17, 15) is 4.79 Å². The molecular formula is C20H27N3O3. The second-order valence-corrected chi connectivity index (χ2v) is 7.36. The first-order chi connectivity index (χ1) is 12.7. The van der Waals surface area contributed by atoms with E-state index in [2.05, 4.69) is 16.2 Å². The van der Waals surface area contributed by atoms with Crippen LogP contribution in [0.5, 0.6) is 5.75 Å². The Balaban J connectivity index is 1.58. The SMILES string of the molecule is COc1cc2nn(C3CCCCC3)cc2cc1NC(=O)[C@H]1CCCCO1. The van der Waals surface area contributed by atoms with E-state index in [-0.39, 0.29) is 12.0 Å². The predicted molar refractivity (Wildman–Crippen MR) is 101 cm³/mol. The van der Waals surface area contributed by atoms with Gasteiger partial charge in [0, 0.05) is 24.3 Å². The number of nitrogens with zero attached hydrogens (tertiary/aromatic N) is 2. The van der Waals surface area contributed by atoms with Crippen molar-refractivity contribution >= 4 is 22.5 Å². The van der Waals surface area contributed by atoms with Crippen LogP contribution in [0.25, 0.3) is 10.9 Å². The topological polar surface area (TPSA) is 65.4 Å². The van der Waals surface area contributed by atoms with Gasteiger partial charge in [-0.1, -0.05) is 19.3 Å². The van der Waals surface area contributed by atoms with Crippen molar-refractivity contribution < 1.29 is 14.3 Å². The summed E-state index contributed by atoms with van der Waals surface area (Å²) in [5.74, 6) is 0.539. The van der Waals surface area contributed by atoms with Crippen molar-refractivity contribution in [3.05, 3.63) is 18.3 Å². The second kappa shape index (κ2) is 7.66. The Morgan fingerprint density at radius 2 is 2.00 bits per heavy atom. The molecule has 1 aromatic carbocycles. The first-order valence-corrected chi connectivity index (χ1v) is 9.74. The van der Waals surface area contributed by atoms with Gasteiger partial charge in [-0.2, -0.15) is 5.10 Å². The molecule has 4 rings (SSSR count). The van der Waals surface area contributed by atoms with Gasteiger partial charge in [0.25, 0.3) is 5.91 Å². The van der Waals surface area contributed by atoms with Gasteiger partial charge in [0.05, 0.1) is 24.4 Å². The Labute approximate surface area is 153 Å². The highest BCUT2D eigenvalue weighted by Crippen LogP contribution is 2.33. The number of ether oxygens (including phenoxy) is 2. The fourth-order valence-corrected chi connectivity index (χ4v) is 4.03. The van der Waals surface area contributed by atoms with E-state index >= 15 is 0 Å². The van der Waals surface area contributed by atoms with Crippen molar-refractivity contribution in [1.82, 2.24) is 9.78 Å². The first kappa shape index (κ1) is 17.3. The van der Waals surface area contributed by atoms with Gasteiger partial charge in [0.15, 0.2) is 0 Å². The van der Waals surface area contributed by atoms with Crippen LogP contribution in [0.1, 0.15) is 57.4 Å². The lowest BCUT2D eigenvalue weighted by Crippen LogP contribution is -2.33. The molecule has 2 aromatic rings. The van der Waals surface area contributed by atoms with Crippen molar-refractivity contribution in [2.75, 3.05) is 19.0 Å². The third kappa shape index (κ3) is 3.56. The second-order valence-electron chi connectivity index (χ2n) is 7.36. The minimum Gasteiger partial charge on any atom is -0.494 e. The summed E-state index contributed by atoms with van der Waals surface area (Å²) < 4.78 is 13.2. The molecule has 2 heterocycles. The number of rotatable bonds is 4. The third-order valence-electron chi connectivity index (χ3n) is 5.52. The van der Waals surface area contributed by atoms with E-state index in [1.165, 1.54) is 32.1 Å². The van der Waals surface area contributed by atoms with E-state index in [4.69, 9.17) is 14.6 Å². The van der Waals surface area contributed by atoms with Gasteiger partial charge < -0.3 is 14.8 Å². The lowest BCUT2D eigenvalue weighted by Gasteiger charge is -2.22. The summed E-state index contributed by atoms with van der Waals surface area (Å²) in [7, 11) is 1.62. The standard InChI is InChI=1S/C20H27N3O3/c1-25-19-12-16-14(13-23(22-16)15-7-3-2-4-8-15)11-17(19)21-20(24)18-9-5-6-10-26-18/h11-13,15,18H,2-10H2,1H3,(H,21,24)/t18-/m1/s1. The Bertz CT molecular complexity index is 774. The molecule has 1 atom stereocenters. The summed E-state index contributed by atoms with van der Waals surface area (Å²) in [6.07, 6.45) is 10.8. The van der Waals surface area contributed by atoms with Gasteiger partial charge in [-0.3, -0.25) is 9.48 Å². The number of amides is 1. The van der Waals surface area contributed by atoms with Crippen molar-refractivity contribution in [1.29, 1.82) is 0 Å². The molecule has 1 saturated heterocycles. The van der Waals surface area contributed by atoms with Crippen molar-refractivity contribution in [2.24, 2.45) is 0 Å². The molecule has 2 fully saturated rings. The lowest BCUT2D eigenvalue weighted by atomic mass is 9.96. The van der Waals surface area contributed by atoms with Gasteiger partial charge in [0.2, 0.25) is 0 Å².